The highest BCUT2D eigenvalue weighted by Gasteiger charge is 2.26. The summed E-state index contributed by atoms with van der Waals surface area (Å²) < 4.78 is 5.41. The predicted molar refractivity (Wildman–Crippen MR) is 147 cm³/mol. The van der Waals surface area contributed by atoms with E-state index in [1.54, 1.807) is 6.07 Å². The average molecular weight is 522 g/mol. The third kappa shape index (κ3) is 6.82. The molecule has 1 amide bonds. The molecule has 2 aromatic rings. The molecule has 0 saturated carbocycles. The molecule has 4 heterocycles. The Kier molecular flexibility index (Phi) is 8.75. The predicted octanol–water partition coefficient (Wildman–Crippen LogP) is 2.80. The fraction of sp³-hybridized carbons (Fsp3) is 0.552. The topological polar surface area (TPSA) is 107 Å². The maximum absolute atomic E-state index is 12.9. The molecule has 9 nitrogen and oxygen atoms in total. The molecule has 2 atom stereocenters. The maximum Gasteiger partial charge on any atom is 0.326 e. The number of amides is 1. The monoisotopic (exact) mass is 521 g/mol. The Morgan fingerprint density at radius 3 is 2.89 bits per heavy atom. The Hall–Kier alpha value is -3.17. The molecule has 2 saturated heterocycles. The number of likely N-dealkylation sites (tertiary alicyclic amines) is 1. The van der Waals surface area contributed by atoms with Gasteiger partial charge in [-0.15, -0.1) is 0 Å². The van der Waals surface area contributed by atoms with Gasteiger partial charge in [0.25, 0.3) is 5.91 Å². The van der Waals surface area contributed by atoms with Crippen LogP contribution in [-0.4, -0.2) is 85.4 Å². The van der Waals surface area contributed by atoms with Crippen molar-refractivity contribution in [2.45, 2.75) is 44.6 Å². The van der Waals surface area contributed by atoms with Gasteiger partial charge >= 0.3 is 5.97 Å². The number of carboxylic acids is 1. The van der Waals surface area contributed by atoms with E-state index in [2.05, 4.69) is 32.6 Å². The van der Waals surface area contributed by atoms with Gasteiger partial charge in [-0.05, 0) is 80.8 Å². The number of carbonyl (C=O) groups excluding carboxylic acids is 1. The molecule has 0 aliphatic carbocycles. The number of rotatable bonds is 10. The van der Waals surface area contributed by atoms with Crippen molar-refractivity contribution in [2.75, 3.05) is 62.7 Å². The van der Waals surface area contributed by atoms with E-state index in [1.807, 2.05) is 18.2 Å². The fourth-order valence-corrected chi connectivity index (χ4v) is 5.69. The summed E-state index contributed by atoms with van der Waals surface area (Å²) in [6, 6.07) is 10.8. The highest BCUT2D eigenvalue weighted by molar-refractivity contribution is 5.97. The minimum atomic E-state index is -0.995. The molecule has 204 valence electrons. The lowest BCUT2D eigenvalue weighted by molar-refractivity contribution is -0.139. The third-order valence-electron chi connectivity index (χ3n) is 7.95. The maximum atomic E-state index is 12.9. The van der Waals surface area contributed by atoms with Crippen LogP contribution in [-0.2, 0) is 22.4 Å². The van der Waals surface area contributed by atoms with Gasteiger partial charge < -0.3 is 30.3 Å². The van der Waals surface area contributed by atoms with Gasteiger partial charge in [-0.2, -0.15) is 0 Å². The van der Waals surface area contributed by atoms with Crippen LogP contribution in [0.3, 0.4) is 0 Å². The Labute approximate surface area is 224 Å². The summed E-state index contributed by atoms with van der Waals surface area (Å²) in [5.41, 5.74) is 3.89. The first kappa shape index (κ1) is 26.4. The molecule has 1 aromatic heterocycles. The van der Waals surface area contributed by atoms with Crippen LogP contribution in [0.25, 0.3) is 0 Å². The minimum absolute atomic E-state index is 0.348. The van der Waals surface area contributed by atoms with E-state index in [9.17, 15) is 14.7 Å². The van der Waals surface area contributed by atoms with E-state index in [0.717, 1.165) is 75.6 Å². The smallest absolute Gasteiger partial charge is 0.326 e. The van der Waals surface area contributed by atoms with Crippen LogP contribution in [0.2, 0.25) is 0 Å². The molecule has 0 spiro atoms. The zero-order valence-corrected chi connectivity index (χ0v) is 22.0. The number of morpholine rings is 1. The number of benzene rings is 1. The second-order valence-electron chi connectivity index (χ2n) is 10.6. The van der Waals surface area contributed by atoms with Crippen molar-refractivity contribution in [1.82, 2.24) is 15.2 Å². The third-order valence-corrected chi connectivity index (χ3v) is 7.95. The first-order chi connectivity index (χ1) is 18.5. The van der Waals surface area contributed by atoms with E-state index < -0.39 is 12.0 Å². The Morgan fingerprint density at radius 2 is 2.05 bits per heavy atom. The second kappa shape index (κ2) is 12.6. The number of fused-ring (bicyclic) bond motifs is 1. The van der Waals surface area contributed by atoms with Gasteiger partial charge in [-0.25, -0.2) is 9.78 Å². The summed E-state index contributed by atoms with van der Waals surface area (Å²) in [6.45, 7) is 6.47. The normalized spacial score (nSPS) is 20.4. The van der Waals surface area contributed by atoms with Gasteiger partial charge in [-0.3, -0.25) is 4.79 Å². The fourth-order valence-electron chi connectivity index (χ4n) is 5.69. The quantitative estimate of drug-likeness (QED) is 0.438. The van der Waals surface area contributed by atoms with Crippen LogP contribution in [0, 0.1) is 5.92 Å². The molecule has 3 aliphatic rings. The van der Waals surface area contributed by atoms with Crippen molar-refractivity contribution in [1.29, 1.82) is 0 Å². The first-order valence-electron chi connectivity index (χ1n) is 14.0. The van der Waals surface area contributed by atoms with E-state index in [4.69, 9.17) is 9.72 Å². The summed E-state index contributed by atoms with van der Waals surface area (Å²) in [5.74, 6) is 0.294. The van der Waals surface area contributed by atoms with Gasteiger partial charge in [0, 0.05) is 49.7 Å². The summed E-state index contributed by atoms with van der Waals surface area (Å²) >= 11 is 0. The van der Waals surface area contributed by atoms with Gasteiger partial charge in [0.1, 0.15) is 11.9 Å². The van der Waals surface area contributed by atoms with Gasteiger partial charge in [0.05, 0.1) is 13.2 Å². The number of hydrogen-bond donors (Lipinski definition) is 3. The van der Waals surface area contributed by atoms with Gasteiger partial charge in [0.15, 0.2) is 0 Å². The number of aryl methyl sites for hydroxylation is 2. The SMILES string of the molecule is O=C(N[C@H](CCN1CC[C@@H](CCc2ccc3c(n2)NCCC3)C1)C(=O)O)c1cccc(N2CCOCC2)c1. The summed E-state index contributed by atoms with van der Waals surface area (Å²) in [4.78, 5) is 34.2. The molecule has 3 N–H and O–H groups in total. The van der Waals surface area contributed by atoms with Crippen molar-refractivity contribution >= 4 is 23.4 Å². The van der Waals surface area contributed by atoms with Crippen molar-refractivity contribution < 1.29 is 19.4 Å². The highest BCUT2D eigenvalue weighted by Crippen LogP contribution is 2.24. The Balaban J connectivity index is 1.08. The number of hydrogen-bond acceptors (Lipinski definition) is 7. The molecule has 38 heavy (non-hydrogen) atoms. The number of ether oxygens (including phenoxy) is 1. The lowest BCUT2D eigenvalue weighted by atomic mass is 10.00. The standard InChI is InChI=1S/C29H39N5O4/c35-28(23-3-1-5-25(19-23)34-15-17-38-18-16-34)32-26(29(36)37)11-14-33-13-10-21(20-33)6-8-24-9-7-22-4-2-12-30-27(22)31-24/h1,3,5,7,9,19,21,26H,2,4,6,8,10-18,20H2,(H,30,31)(H,32,35)(H,36,37)/t21-,26-/m1/s1. The molecule has 9 heteroatoms. The molecular formula is C29H39N5O4. The second-order valence-corrected chi connectivity index (χ2v) is 10.6. The number of nitrogens with one attached hydrogen (secondary N) is 2. The molecule has 0 radical (unpaired) electrons. The van der Waals surface area contributed by atoms with Crippen LogP contribution < -0.4 is 15.5 Å². The van der Waals surface area contributed by atoms with Gasteiger partial charge in [0.2, 0.25) is 0 Å². The lowest BCUT2D eigenvalue weighted by Crippen LogP contribution is -2.43. The van der Waals surface area contributed by atoms with E-state index in [1.165, 1.54) is 12.0 Å². The number of pyridine rings is 1. The van der Waals surface area contributed by atoms with Crippen LogP contribution >= 0.6 is 0 Å². The number of anilines is 2. The Morgan fingerprint density at radius 1 is 1.18 bits per heavy atom. The van der Waals surface area contributed by atoms with Crippen molar-refractivity contribution in [3.8, 4) is 0 Å². The summed E-state index contributed by atoms with van der Waals surface area (Å²) in [7, 11) is 0. The largest absolute Gasteiger partial charge is 0.480 e. The molecule has 5 rings (SSSR count). The van der Waals surface area contributed by atoms with Crippen LogP contribution in [0.4, 0.5) is 11.5 Å². The molecular weight excluding hydrogens is 482 g/mol. The van der Waals surface area contributed by atoms with Crippen LogP contribution in [0.1, 0.15) is 47.3 Å². The van der Waals surface area contributed by atoms with Crippen molar-refractivity contribution in [3.63, 3.8) is 0 Å². The van der Waals surface area contributed by atoms with Gasteiger partial charge in [-0.1, -0.05) is 12.1 Å². The van der Waals surface area contributed by atoms with Crippen LogP contribution in [0.15, 0.2) is 36.4 Å². The number of carbonyl (C=O) groups is 2. The van der Waals surface area contributed by atoms with Crippen molar-refractivity contribution in [2.24, 2.45) is 5.92 Å². The van der Waals surface area contributed by atoms with E-state index in [0.29, 0.717) is 37.7 Å². The molecule has 0 bridgehead atoms. The summed E-state index contributed by atoms with van der Waals surface area (Å²) in [5, 5.41) is 15.9. The first-order valence-corrected chi connectivity index (χ1v) is 14.0. The molecule has 1 aromatic carbocycles. The number of aromatic nitrogens is 1. The lowest BCUT2D eigenvalue weighted by Gasteiger charge is -2.29. The van der Waals surface area contributed by atoms with Crippen LogP contribution in [0.5, 0.6) is 0 Å². The van der Waals surface area contributed by atoms with Crippen molar-refractivity contribution in [3.05, 3.63) is 53.2 Å². The van der Waals surface area contributed by atoms with E-state index >= 15 is 0 Å². The molecule has 3 aliphatic heterocycles. The minimum Gasteiger partial charge on any atom is -0.480 e. The molecule has 0 unspecified atom stereocenters. The zero-order chi connectivity index (χ0) is 26.3. The van der Waals surface area contributed by atoms with E-state index in [-0.39, 0.29) is 5.91 Å². The Bertz CT molecular complexity index is 1120. The average Bonchev–Trinajstić information content (AvgIpc) is 3.42. The number of nitrogens with zero attached hydrogens (tertiary/aromatic N) is 3. The zero-order valence-electron chi connectivity index (χ0n) is 22.0. The number of carboxylic acid groups (broad SMARTS) is 1. The number of aliphatic carboxylic acids is 1. The summed E-state index contributed by atoms with van der Waals surface area (Å²) in [6.07, 6.45) is 5.81. The molecule has 2 fully saturated rings. The highest BCUT2D eigenvalue weighted by atomic mass is 16.5.